The lowest BCUT2D eigenvalue weighted by Gasteiger charge is -2.14. The molecular formula is C28H26N4O5S2. The molecule has 0 atom stereocenters. The first-order valence-corrected chi connectivity index (χ1v) is 14.6. The molecule has 0 saturated carbocycles. The summed E-state index contributed by atoms with van der Waals surface area (Å²) < 4.78 is 32.8. The van der Waals surface area contributed by atoms with Gasteiger partial charge in [-0.25, -0.2) is 14.0 Å². The van der Waals surface area contributed by atoms with Crippen molar-refractivity contribution in [3.05, 3.63) is 94.4 Å². The fourth-order valence-electron chi connectivity index (χ4n) is 4.04. The normalized spacial score (nSPS) is 18.4. The average molecular weight is 563 g/mol. The highest BCUT2D eigenvalue weighted by Gasteiger charge is 2.33. The number of aliphatic imine (C=N–C) groups is 1. The Morgan fingerprint density at radius 2 is 1.67 bits per heavy atom. The van der Waals surface area contributed by atoms with Crippen molar-refractivity contribution in [2.45, 2.75) is 26.4 Å². The van der Waals surface area contributed by atoms with Gasteiger partial charge in [0.15, 0.2) is 5.17 Å². The molecule has 0 radical (unpaired) electrons. The summed E-state index contributed by atoms with van der Waals surface area (Å²) >= 11 is 1.21. The van der Waals surface area contributed by atoms with Gasteiger partial charge in [0.1, 0.15) is 18.9 Å². The van der Waals surface area contributed by atoms with E-state index in [0.717, 1.165) is 34.0 Å². The number of nitrogens with one attached hydrogen (secondary N) is 2. The molecule has 2 N–H and O–H groups in total. The van der Waals surface area contributed by atoms with Gasteiger partial charge in [0.05, 0.1) is 16.3 Å². The second kappa shape index (κ2) is 11.3. The second-order valence-corrected chi connectivity index (χ2v) is 11.6. The zero-order valence-electron chi connectivity index (χ0n) is 21.1. The van der Waals surface area contributed by atoms with Crippen LogP contribution >= 0.6 is 11.8 Å². The number of carbonyl (C=O) groups is 2. The van der Waals surface area contributed by atoms with Crippen LogP contribution in [0.15, 0.2) is 82.7 Å². The lowest BCUT2D eigenvalue weighted by atomic mass is 10.1. The maximum absolute atomic E-state index is 12.5. The average Bonchev–Trinajstić information content (AvgIpc) is 3.40. The summed E-state index contributed by atoms with van der Waals surface area (Å²) in [6.45, 7) is 2.38. The molecule has 39 heavy (non-hydrogen) atoms. The number of anilines is 1. The Kier molecular flexibility index (Phi) is 7.71. The quantitative estimate of drug-likeness (QED) is 0.396. The minimum Gasteiger partial charge on any atom is -0.489 e. The molecule has 2 saturated heterocycles. The molecule has 0 bridgehead atoms. The number of aryl methyl sites for hydroxylation is 1. The summed E-state index contributed by atoms with van der Waals surface area (Å²) in [5, 5.41) is 3.15. The van der Waals surface area contributed by atoms with E-state index in [1.807, 2.05) is 29.0 Å². The van der Waals surface area contributed by atoms with Gasteiger partial charge in [-0.05, 0) is 77.3 Å². The Labute approximate surface area is 231 Å². The summed E-state index contributed by atoms with van der Waals surface area (Å²) in [5.74, 6) is -0.0975. The molecule has 2 aliphatic heterocycles. The van der Waals surface area contributed by atoms with Crippen LogP contribution in [0.2, 0.25) is 0 Å². The SMILES string of the molecule is CCCc1ccc(COc2ccc(/C=C3/SC(=Nc4ccc(N5CC(=O)NS5(=O)=O)cc4)NC3=O)cc2)cc1. The summed E-state index contributed by atoms with van der Waals surface area (Å²) in [7, 11) is -3.87. The number of hydrogen-bond acceptors (Lipinski definition) is 7. The standard InChI is InChI=1S/C28H26N4O5S2/c1-2-3-19-4-6-21(7-5-19)18-37-24-14-8-20(9-15-24)16-25-27(34)30-28(38-25)29-22-10-12-23(13-11-22)32-17-26(33)31-39(32,35)36/h4-16H,2-3,17-18H2,1H3,(H,31,33)(H,29,30,34)/b25-16+. The molecule has 2 heterocycles. The number of carbonyl (C=O) groups excluding carboxylic acids is 2. The number of thioether (sulfide) groups is 1. The Morgan fingerprint density at radius 1 is 0.974 bits per heavy atom. The fraction of sp³-hybridized carbons (Fsp3) is 0.179. The third-order valence-electron chi connectivity index (χ3n) is 5.98. The van der Waals surface area contributed by atoms with E-state index >= 15 is 0 Å². The first kappa shape index (κ1) is 26.5. The Morgan fingerprint density at radius 3 is 2.31 bits per heavy atom. The van der Waals surface area contributed by atoms with Crippen molar-refractivity contribution in [1.29, 1.82) is 0 Å². The zero-order valence-corrected chi connectivity index (χ0v) is 22.7. The number of ether oxygens (including phenoxy) is 1. The number of rotatable bonds is 8. The van der Waals surface area contributed by atoms with Gasteiger partial charge >= 0.3 is 10.2 Å². The highest BCUT2D eigenvalue weighted by atomic mass is 32.2. The van der Waals surface area contributed by atoms with Crippen LogP contribution in [0.3, 0.4) is 0 Å². The number of nitrogens with zero attached hydrogens (tertiary/aromatic N) is 2. The van der Waals surface area contributed by atoms with Gasteiger partial charge in [-0.3, -0.25) is 9.59 Å². The lowest BCUT2D eigenvalue weighted by molar-refractivity contribution is -0.117. The fourth-order valence-corrected chi connectivity index (χ4v) is 6.03. The van der Waals surface area contributed by atoms with Gasteiger partial charge in [0.25, 0.3) is 11.8 Å². The van der Waals surface area contributed by atoms with E-state index in [1.54, 1.807) is 30.3 Å². The number of amidine groups is 1. The van der Waals surface area contributed by atoms with Gasteiger partial charge < -0.3 is 10.1 Å². The van der Waals surface area contributed by atoms with Crippen molar-refractivity contribution in [2.24, 2.45) is 4.99 Å². The van der Waals surface area contributed by atoms with Gasteiger partial charge in [0, 0.05) is 0 Å². The zero-order chi connectivity index (χ0) is 27.4. The predicted octanol–water partition coefficient (Wildman–Crippen LogP) is 4.29. The topological polar surface area (TPSA) is 117 Å². The predicted molar refractivity (Wildman–Crippen MR) is 153 cm³/mol. The van der Waals surface area contributed by atoms with E-state index in [-0.39, 0.29) is 12.5 Å². The van der Waals surface area contributed by atoms with Crippen LogP contribution in [0.4, 0.5) is 11.4 Å². The van der Waals surface area contributed by atoms with Crippen molar-refractivity contribution >= 4 is 56.4 Å². The van der Waals surface area contributed by atoms with Gasteiger partial charge in [-0.1, -0.05) is 49.7 Å². The first-order chi connectivity index (χ1) is 18.8. The molecule has 3 aromatic rings. The molecule has 200 valence electrons. The van der Waals surface area contributed by atoms with Crippen LogP contribution < -0.4 is 19.1 Å². The molecule has 3 aromatic carbocycles. The number of benzene rings is 3. The molecular weight excluding hydrogens is 536 g/mol. The van der Waals surface area contributed by atoms with Crippen molar-refractivity contribution in [3.8, 4) is 5.75 Å². The molecule has 2 fully saturated rings. The third-order valence-corrected chi connectivity index (χ3v) is 8.30. The molecule has 2 aliphatic rings. The van der Waals surface area contributed by atoms with Crippen LogP contribution in [0.1, 0.15) is 30.0 Å². The van der Waals surface area contributed by atoms with Crippen molar-refractivity contribution in [2.75, 3.05) is 10.8 Å². The van der Waals surface area contributed by atoms with E-state index in [1.165, 1.54) is 17.3 Å². The number of amides is 2. The van der Waals surface area contributed by atoms with Crippen LogP contribution in [0, 0.1) is 0 Å². The maximum Gasteiger partial charge on any atom is 0.326 e. The highest BCUT2D eigenvalue weighted by Crippen LogP contribution is 2.30. The van der Waals surface area contributed by atoms with E-state index in [9.17, 15) is 18.0 Å². The van der Waals surface area contributed by atoms with Crippen LogP contribution in [-0.2, 0) is 32.8 Å². The Hall–Kier alpha value is -4.09. The monoisotopic (exact) mass is 562 g/mol. The van der Waals surface area contributed by atoms with Gasteiger partial charge in [-0.15, -0.1) is 0 Å². The van der Waals surface area contributed by atoms with E-state index in [0.29, 0.717) is 28.1 Å². The van der Waals surface area contributed by atoms with E-state index in [4.69, 9.17) is 4.74 Å². The smallest absolute Gasteiger partial charge is 0.326 e. The molecule has 0 unspecified atom stereocenters. The van der Waals surface area contributed by atoms with E-state index in [2.05, 4.69) is 41.5 Å². The maximum atomic E-state index is 12.5. The lowest BCUT2D eigenvalue weighted by Crippen LogP contribution is -2.29. The Bertz CT molecular complexity index is 1550. The second-order valence-electron chi connectivity index (χ2n) is 8.96. The van der Waals surface area contributed by atoms with Crippen LogP contribution in [0.5, 0.6) is 5.75 Å². The van der Waals surface area contributed by atoms with Gasteiger partial charge in [0.2, 0.25) is 0 Å². The van der Waals surface area contributed by atoms with Crippen LogP contribution in [0.25, 0.3) is 6.08 Å². The summed E-state index contributed by atoms with van der Waals surface area (Å²) in [4.78, 5) is 28.9. The summed E-state index contributed by atoms with van der Waals surface area (Å²) in [6.07, 6.45) is 3.98. The van der Waals surface area contributed by atoms with Crippen molar-refractivity contribution in [1.82, 2.24) is 10.0 Å². The molecule has 0 aromatic heterocycles. The van der Waals surface area contributed by atoms with Gasteiger partial charge in [-0.2, -0.15) is 8.42 Å². The minimum atomic E-state index is -3.87. The number of hydrogen-bond donors (Lipinski definition) is 2. The summed E-state index contributed by atoms with van der Waals surface area (Å²) in [6, 6.07) is 22.3. The molecule has 2 amide bonds. The molecule has 9 nitrogen and oxygen atoms in total. The molecule has 0 aliphatic carbocycles. The molecule has 0 spiro atoms. The van der Waals surface area contributed by atoms with Crippen LogP contribution in [-0.4, -0.2) is 31.9 Å². The molecule has 11 heteroatoms. The third kappa shape index (κ3) is 6.50. The molecule has 5 rings (SSSR count). The summed E-state index contributed by atoms with van der Waals surface area (Å²) in [5.41, 5.74) is 4.16. The van der Waals surface area contributed by atoms with Crippen molar-refractivity contribution in [3.63, 3.8) is 0 Å². The largest absolute Gasteiger partial charge is 0.489 e. The minimum absolute atomic E-state index is 0.255. The van der Waals surface area contributed by atoms with Crippen molar-refractivity contribution < 1.29 is 22.7 Å². The Balaban J connectivity index is 1.19. The van der Waals surface area contributed by atoms with E-state index < -0.39 is 16.1 Å². The highest BCUT2D eigenvalue weighted by molar-refractivity contribution is 8.18. The first-order valence-electron chi connectivity index (χ1n) is 12.3.